The minimum Gasteiger partial charge on any atom is -0.476 e. The van der Waals surface area contributed by atoms with E-state index >= 15 is 0 Å². The highest BCUT2D eigenvalue weighted by Crippen LogP contribution is 2.13. The summed E-state index contributed by atoms with van der Waals surface area (Å²) in [6.07, 6.45) is 1.26. The molecule has 1 rings (SSSR count). The molecular weight excluding hydrogens is 260 g/mol. The van der Waals surface area contributed by atoms with Crippen LogP contribution in [0.4, 0.5) is 0 Å². The molecule has 0 saturated carbocycles. The Morgan fingerprint density at radius 1 is 1.33 bits per heavy atom. The first kappa shape index (κ1) is 13.9. The van der Waals surface area contributed by atoms with Crippen molar-refractivity contribution in [2.75, 3.05) is 0 Å². The van der Waals surface area contributed by atoms with Gasteiger partial charge in [0.25, 0.3) is 0 Å². The van der Waals surface area contributed by atoms with Gasteiger partial charge in [-0.15, -0.1) is 0 Å². The van der Waals surface area contributed by atoms with Crippen molar-refractivity contribution >= 4 is 29.8 Å². The maximum absolute atomic E-state index is 11.0. The summed E-state index contributed by atoms with van der Waals surface area (Å²) >= 11 is 5.49. The number of halogens is 1. The zero-order valence-corrected chi connectivity index (χ0v) is 9.79. The van der Waals surface area contributed by atoms with Gasteiger partial charge in [0.15, 0.2) is 10.7 Å². The van der Waals surface area contributed by atoms with Gasteiger partial charge in [-0.3, -0.25) is 0 Å². The van der Waals surface area contributed by atoms with E-state index in [1.54, 1.807) is 30.3 Å². The molecule has 18 heavy (non-hydrogen) atoms. The third-order valence-electron chi connectivity index (χ3n) is 1.84. The van der Waals surface area contributed by atoms with Gasteiger partial charge in [-0.1, -0.05) is 41.9 Å². The van der Waals surface area contributed by atoms with Crippen LogP contribution in [0.5, 0.6) is 0 Å². The fourth-order valence-corrected chi connectivity index (χ4v) is 1.21. The van der Waals surface area contributed by atoms with Crippen LogP contribution in [0.2, 0.25) is 0 Å². The first-order chi connectivity index (χ1) is 8.56. The summed E-state index contributed by atoms with van der Waals surface area (Å²) in [5.74, 6) is 1.98. The lowest BCUT2D eigenvalue weighted by Gasteiger charge is -1.99. The van der Waals surface area contributed by atoms with Crippen molar-refractivity contribution in [3.05, 3.63) is 46.6 Å². The van der Waals surface area contributed by atoms with E-state index in [4.69, 9.17) is 16.7 Å². The van der Waals surface area contributed by atoms with Crippen LogP contribution in [-0.4, -0.2) is 23.3 Å². The van der Waals surface area contributed by atoms with Gasteiger partial charge in [0, 0.05) is 6.21 Å². The number of carbonyl (C=O) groups excluding carboxylic acids is 1. The van der Waals surface area contributed by atoms with E-state index in [0.717, 1.165) is 0 Å². The van der Waals surface area contributed by atoms with Gasteiger partial charge in [0.2, 0.25) is 0 Å². The van der Waals surface area contributed by atoms with Crippen molar-refractivity contribution in [1.29, 1.82) is 0 Å². The highest BCUT2D eigenvalue weighted by Gasteiger charge is 2.19. The predicted molar refractivity (Wildman–Crippen MR) is 64.8 cm³/mol. The molecule has 0 atom stereocenters. The van der Waals surface area contributed by atoms with Gasteiger partial charge in [0.1, 0.15) is 0 Å². The Balaban J connectivity index is 3.06. The first-order valence-corrected chi connectivity index (χ1v) is 5.07. The molecule has 0 saturated heterocycles. The van der Waals surface area contributed by atoms with Crippen LogP contribution >= 0.6 is 11.6 Å². The second-order valence-electron chi connectivity index (χ2n) is 3.04. The van der Waals surface area contributed by atoms with Crippen LogP contribution in [-0.2, 0) is 14.4 Å². The minimum atomic E-state index is -1.46. The number of hydrogen-bond donors (Lipinski definition) is 2. The molecule has 1 aromatic carbocycles. The van der Waals surface area contributed by atoms with Crippen molar-refractivity contribution in [3.63, 3.8) is 0 Å². The molecule has 0 heterocycles. The second kappa shape index (κ2) is 6.53. The van der Waals surface area contributed by atoms with Gasteiger partial charge < -0.3 is 9.94 Å². The Morgan fingerprint density at radius 2 is 1.94 bits per heavy atom. The number of carboxylic acid groups (broad SMARTS) is 1. The smallest absolute Gasteiger partial charge is 0.370 e. The summed E-state index contributed by atoms with van der Waals surface area (Å²) in [7, 11) is 0. The Hall–Kier alpha value is -2.18. The fraction of sp³-hybridized carbons (Fsp3) is 0. The summed E-state index contributed by atoms with van der Waals surface area (Å²) in [6, 6.07) is 8.71. The molecule has 6 nitrogen and oxygen atoms in total. The van der Waals surface area contributed by atoms with Gasteiger partial charge in [-0.25, -0.2) is 14.6 Å². The molecule has 0 radical (unpaired) electrons. The van der Waals surface area contributed by atoms with E-state index in [9.17, 15) is 9.59 Å². The average Bonchev–Trinajstić information content (AvgIpc) is 2.38. The van der Waals surface area contributed by atoms with Crippen molar-refractivity contribution in [2.45, 2.75) is 0 Å². The van der Waals surface area contributed by atoms with Gasteiger partial charge in [-0.2, -0.15) is 5.90 Å². The van der Waals surface area contributed by atoms with Crippen LogP contribution in [0, 0.1) is 0 Å². The van der Waals surface area contributed by atoms with Crippen LogP contribution in [0.1, 0.15) is 5.56 Å². The molecule has 0 spiro atoms. The largest absolute Gasteiger partial charge is 0.476 e. The first-order valence-electron chi connectivity index (χ1n) is 4.69. The van der Waals surface area contributed by atoms with E-state index in [1.807, 2.05) is 0 Å². The van der Waals surface area contributed by atoms with Crippen molar-refractivity contribution in [1.82, 2.24) is 0 Å². The number of aliphatic carboxylic acids is 1. The molecule has 1 aromatic rings. The normalized spacial score (nSPS) is 12.1. The molecule has 0 bridgehead atoms. The molecule has 0 amide bonds. The molecule has 94 valence electrons. The minimum absolute atomic E-state index is 0.643. The number of rotatable bonds is 4. The van der Waals surface area contributed by atoms with Crippen molar-refractivity contribution < 1.29 is 19.5 Å². The zero-order chi connectivity index (χ0) is 13.5. The van der Waals surface area contributed by atoms with Crippen molar-refractivity contribution in [3.8, 4) is 0 Å². The summed E-state index contributed by atoms with van der Waals surface area (Å²) in [4.78, 5) is 29.3. The van der Waals surface area contributed by atoms with E-state index < -0.39 is 22.7 Å². The van der Waals surface area contributed by atoms with Crippen LogP contribution in [0.3, 0.4) is 0 Å². The molecule has 0 aliphatic carbocycles. The predicted octanol–water partition coefficient (Wildman–Crippen LogP) is 1.06. The van der Waals surface area contributed by atoms with E-state index in [1.165, 1.54) is 6.21 Å². The Bertz CT molecular complexity index is 511. The molecule has 3 N–H and O–H groups in total. The molecule has 0 fully saturated rings. The monoisotopic (exact) mass is 268 g/mol. The summed E-state index contributed by atoms with van der Waals surface area (Å²) in [5, 5.41) is 8.16. The number of nitrogens with zero attached hydrogens (tertiary/aromatic N) is 1. The van der Waals surface area contributed by atoms with E-state index in [-0.39, 0.29) is 0 Å². The van der Waals surface area contributed by atoms with Gasteiger partial charge in [-0.05, 0) is 5.56 Å². The number of nitrogens with two attached hydrogens (primary N) is 1. The fourth-order valence-electron chi connectivity index (χ4n) is 1.03. The molecular formula is C11H9ClN2O4. The Kier molecular flexibility index (Phi) is 5.04. The molecule has 0 aliphatic rings. The number of carboxylic acids is 1. The van der Waals surface area contributed by atoms with Crippen LogP contribution < -0.4 is 5.90 Å². The lowest BCUT2D eigenvalue weighted by molar-refractivity contribution is -0.140. The lowest BCUT2D eigenvalue weighted by Crippen LogP contribution is -2.13. The topological polar surface area (TPSA) is 102 Å². The van der Waals surface area contributed by atoms with E-state index in [2.05, 4.69) is 15.7 Å². The number of benzene rings is 1. The van der Waals surface area contributed by atoms with Crippen LogP contribution in [0.15, 0.2) is 46.1 Å². The zero-order valence-electron chi connectivity index (χ0n) is 9.04. The standard InChI is InChI=1S/C11H9ClN2O4/c12-8(11(17)18-13)9(10(15)16)14-6-7-4-2-1-3-5-7/h1-6H,13H2,(H,15,16)/b9-8-,14-6?. The second-order valence-corrected chi connectivity index (χ2v) is 3.42. The van der Waals surface area contributed by atoms with E-state index in [0.29, 0.717) is 5.56 Å². The maximum atomic E-state index is 11.0. The molecule has 0 unspecified atom stereocenters. The Morgan fingerprint density at radius 3 is 2.44 bits per heavy atom. The SMILES string of the molecule is NOC(=O)/C(Cl)=C(/N=Cc1ccccc1)C(=O)O. The van der Waals surface area contributed by atoms with Gasteiger partial charge >= 0.3 is 11.9 Å². The maximum Gasteiger partial charge on any atom is 0.370 e. The van der Waals surface area contributed by atoms with Gasteiger partial charge in [0.05, 0.1) is 0 Å². The number of carbonyl (C=O) groups is 2. The van der Waals surface area contributed by atoms with Crippen molar-refractivity contribution in [2.24, 2.45) is 10.9 Å². The molecule has 7 heteroatoms. The quantitative estimate of drug-likeness (QED) is 0.483. The summed E-state index contributed by atoms with van der Waals surface area (Å²) in [5.41, 5.74) is 0.0119. The number of aliphatic imine (C=N–C) groups is 1. The molecule has 0 aromatic heterocycles. The lowest BCUT2D eigenvalue weighted by atomic mass is 10.2. The molecule has 0 aliphatic heterocycles. The summed E-state index contributed by atoms with van der Waals surface area (Å²) < 4.78 is 0. The third kappa shape index (κ3) is 3.69. The highest BCUT2D eigenvalue weighted by molar-refractivity contribution is 6.43. The number of hydrogen-bond acceptors (Lipinski definition) is 5. The van der Waals surface area contributed by atoms with Crippen LogP contribution in [0.25, 0.3) is 0 Å². The third-order valence-corrected chi connectivity index (χ3v) is 2.17. The summed E-state index contributed by atoms with van der Waals surface area (Å²) in [6.45, 7) is 0. The average molecular weight is 269 g/mol. The highest BCUT2D eigenvalue weighted by atomic mass is 35.5. The Labute approximate surface area is 107 Å².